The number of para-hydroxylation sites is 1. The van der Waals surface area contributed by atoms with Crippen molar-refractivity contribution in [2.45, 2.75) is 26.4 Å². The molecule has 1 aliphatic rings. The summed E-state index contributed by atoms with van der Waals surface area (Å²) in [6.07, 6.45) is 2.84. The second-order valence-electron chi connectivity index (χ2n) is 4.13. The van der Waals surface area contributed by atoms with Gasteiger partial charge >= 0.3 is 5.97 Å². The average molecular weight is 232 g/mol. The Labute approximate surface area is 101 Å². The smallest absolute Gasteiger partial charge is 0.338 e. The second-order valence-corrected chi connectivity index (χ2v) is 4.13. The molecule has 0 N–H and O–H groups in total. The van der Waals surface area contributed by atoms with E-state index in [0.29, 0.717) is 11.3 Å². The van der Waals surface area contributed by atoms with Crippen molar-refractivity contribution in [3.63, 3.8) is 0 Å². The highest BCUT2D eigenvalue weighted by molar-refractivity contribution is 5.89. The van der Waals surface area contributed by atoms with Gasteiger partial charge in [0.15, 0.2) is 0 Å². The minimum absolute atomic E-state index is 0.290. The fourth-order valence-corrected chi connectivity index (χ4v) is 1.50. The molecule has 0 spiro atoms. The van der Waals surface area contributed by atoms with Gasteiger partial charge in [-0.1, -0.05) is 24.3 Å². The molecule has 1 aliphatic heterocycles. The first-order valence-corrected chi connectivity index (χ1v) is 5.75. The third-order valence-electron chi connectivity index (χ3n) is 2.78. The van der Waals surface area contributed by atoms with E-state index in [-0.39, 0.29) is 12.1 Å². The summed E-state index contributed by atoms with van der Waals surface area (Å²) in [7, 11) is 0. The van der Waals surface area contributed by atoms with Crippen LogP contribution in [0.2, 0.25) is 0 Å². The molecule has 3 nitrogen and oxygen atoms in total. The molecule has 1 aromatic carbocycles. The van der Waals surface area contributed by atoms with E-state index in [4.69, 9.17) is 9.47 Å². The van der Waals surface area contributed by atoms with Crippen LogP contribution in [0.25, 0.3) is 0 Å². The predicted molar refractivity (Wildman–Crippen MR) is 65.0 cm³/mol. The Morgan fingerprint density at radius 2 is 2.24 bits per heavy atom. The molecule has 3 heteroatoms. The van der Waals surface area contributed by atoms with Crippen LogP contribution in [0.5, 0.6) is 5.75 Å². The zero-order chi connectivity index (χ0) is 12.3. The summed E-state index contributed by atoms with van der Waals surface area (Å²) in [6.45, 7) is 4.37. The minimum Gasteiger partial charge on any atom is -0.423 e. The molecule has 90 valence electrons. The number of allylic oxidation sites excluding steroid dienone is 1. The SMILES string of the molecule is CC=C(C)C(=O)Oc1ccccc1CC1CO1. The topological polar surface area (TPSA) is 38.8 Å². The Morgan fingerprint density at radius 1 is 1.53 bits per heavy atom. The molecule has 0 saturated carbocycles. The lowest BCUT2D eigenvalue weighted by molar-refractivity contribution is -0.130. The molecule has 1 atom stereocenters. The van der Waals surface area contributed by atoms with Crippen LogP contribution in [0.1, 0.15) is 19.4 Å². The van der Waals surface area contributed by atoms with E-state index in [1.807, 2.05) is 31.2 Å². The number of carbonyl (C=O) groups is 1. The Bertz CT molecular complexity index is 445. The molecule has 0 radical (unpaired) electrons. The highest BCUT2D eigenvalue weighted by Gasteiger charge is 2.24. The standard InChI is InChI=1S/C14H16O3/c1-3-10(2)14(15)17-13-7-5-4-6-11(13)8-12-9-16-12/h3-7,12H,8-9H2,1-2H3. The third kappa shape index (κ3) is 3.17. The van der Waals surface area contributed by atoms with Crippen molar-refractivity contribution in [1.82, 2.24) is 0 Å². The van der Waals surface area contributed by atoms with Crippen molar-refractivity contribution < 1.29 is 14.3 Å². The van der Waals surface area contributed by atoms with E-state index in [0.717, 1.165) is 18.6 Å². The summed E-state index contributed by atoms with van der Waals surface area (Å²) in [6, 6.07) is 7.59. The van der Waals surface area contributed by atoms with Crippen molar-refractivity contribution in [1.29, 1.82) is 0 Å². The van der Waals surface area contributed by atoms with Gasteiger partial charge in [-0.05, 0) is 25.5 Å². The molecule has 1 fully saturated rings. The van der Waals surface area contributed by atoms with Gasteiger partial charge in [0.25, 0.3) is 0 Å². The number of hydrogen-bond acceptors (Lipinski definition) is 3. The van der Waals surface area contributed by atoms with E-state index in [1.165, 1.54) is 0 Å². The Hall–Kier alpha value is -1.61. The van der Waals surface area contributed by atoms with Crippen LogP contribution in [-0.2, 0) is 16.0 Å². The second kappa shape index (κ2) is 5.15. The molecule has 0 aliphatic carbocycles. The molecule has 0 bridgehead atoms. The summed E-state index contributed by atoms with van der Waals surface area (Å²) >= 11 is 0. The lowest BCUT2D eigenvalue weighted by Gasteiger charge is -2.09. The molecular weight excluding hydrogens is 216 g/mol. The fraction of sp³-hybridized carbons (Fsp3) is 0.357. The first kappa shape index (κ1) is 11.9. The predicted octanol–water partition coefficient (Wildman–Crippen LogP) is 2.50. The Morgan fingerprint density at radius 3 is 2.88 bits per heavy atom. The van der Waals surface area contributed by atoms with Crippen LogP contribution >= 0.6 is 0 Å². The van der Waals surface area contributed by atoms with E-state index in [9.17, 15) is 4.79 Å². The average Bonchev–Trinajstić information content (AvgIpc) is 3.14. The lowest BCUT2D eigenvalue weighted by atomic mass is 10.1. The summed E-state index contributed by atoms with van der Waals surface area (Å²) in [5.41, 5.74) is 1.63. The molecule has 2 rings (SSSR count). The van der Waals surface area contributed by atoms with Crippen molar-refractivity contribution >= 4 is 5.97 Å². The summed E-state index contributed by atoms with van der Waals surface area (Å²) < 4.78 is 10.6. The zero-order valence-corrected chi connectivity index (χ0v) is 10.1. The fourth-order valence-electron chi connectivity index (χ4n) is 1.50. The largest absolute Gasteiger partial charge is 0.423 e. The monoisotopic (exact) mass is 232 g/mol. The number of esters is 1. The molecular formula is C14H16O3. The van der Waals surface area contributed by atoms with E-state index in [1.54, 1.807) is 13.0 Å². The van der Waals surface area contributed by atoms with Gasteiger partial charge in [-0.25, -0.2) is 4.79 Å². The Balaban J connectivity index is 2.11. The van der Waals surface area contributed by atoms with Crippen molar-refractivity contribution in [2.75, 3.05) is 6.61 Å². The van der Waals surface area contributed by atoms with Crippen molar-refractivity contribution in [2.24, 2.45) is 0 Å². The molecule has 0 amide bonds. The highest BCUT2D eigenvalue weighted by atomic mass is 16.6. The van der Waals surface area contributed by atoms with Gasteiger partial charge in [-0.3, -0.25) is 0 Å². The molecule has 0 aromatic heterocycles. The van der Waals surface area contributed by atoms with E-state index in [2.05, 4.69) is 0 Å². The van der Waals surface area contributed by atoms with Crippen LogP contribution in [0.15, 0.2) is 35.9 Å². The van der Waals surface area contributed by atoms with E-state index < -0.39 is 0 Å². The number of benzene rings is 1. The molecule has 1 unspecified atom stereocenters. The van der Waals surface area contributed by atoms with Crippen LogP contribution in [-0.4, -0.2) is 18.7 Å². The summed E-state index contributed by atoms with van der Waals surface area (Å²) in [4.78, 5) is 11.7. The minimum atomic E-state index is -0.295. The van der Waals surface area contributed by atoms with Gasteiger partial charge < -0.3 is 9.47 Å². The lowest BCUT2D eigenvalue weighted by Crippen LogP contribution is -2.11. The third-order valence-corrected chi connectivity index (χ3v) is 2.78. The number of rotatable bonds is 4. The van der Waals surface area contributed by atoms with Gasteiger partial charge in [0, 0.05) is 12.0 Å². The first-order chi connectivity index (χ1) is 8.20. The van der Waals surface area contributed by atoms with Gasteiger partial charge in [-0.15, -0.1) is 0 Å². The van der Waals surface area contributed by atoms with Gasteiger partial charge in [0.2, 0.25) is 0 Å². The summed E-state index contributed by atoms with van der Waals surface area (Å²) in [5.74, 6) is 0.339. The molecule has 1 saturated heterocycles. The molecule has 17 heavy (non-hydrogen) atoms. The van der Waals surface area contributed by atoms with Crippen LogP contribution in [0, 0.1) is 0 Å². The maximum absolute atomic E-state index is 11.7. The van der Waals surface area contributed by atoms with Gasteiger partial charge in [-0.2, -0.15) is 0 Å². The van der Waals surface area contributed by atoms with Crippen LogP contribution in [0.4, 0.5) is 0 Å². The van der Waals surface area contributed by atoms with Gasteiger partial charge in [0.1, 0.15) is 5.75 Å². The molecule has 1 aromatic rings. The normalized spacial score (nSPS) is 18.9. The van der Waals surface area contributed by atoms with Crippen molar-refractivity contribution in [3.8, 4) is 5.75 Å². The number of ether oxygens (including phenoxy) is 2. The van der Waals surface area contributed by atoms with Crippen molar-refractivity contribution in [3.05, 3.63) is 41.5 Å². The quantitative estimate of drug-likeness (QED) is 0.346. The zero-order valence-electron chi connectivity index (χ0n) is 10.1. The highest BCUT2D eigenvalue weighted by Crippen LogP contribution is 2.24. The maximum Gasteiger partial charge on any atom is 0.338 e. The van der Waals surface area contributed by atoms with E-state index >= 15 is 0 Å². The number of hydrogen-bond donors (Lipinski definition) is 0. The number of carbonyl (C=O) groups excluding carboxylic acids is 1. The summed E-state index contributed by atoms with van der Waals surface area (Å²) in [5, 5.41) is 0. The number of epoxide rings is 1. The molecule has 1 heterocycles. The maximum atomic E-state index is 11.7. The van der Waals surface area contributed by atoms with Crippen LogP contribution < -0.4 is 4.74 Å². The van der Waals surface area contributed by atoms with Crippen LogP contribution in [0.3, 0.4) is 0 Å². The Kier molecular flexibility index (Phi) is 3.59. The first-order valence-electron chi connectivity index (χ1n) is 5.75. The van der Waals surface area contributed by atoms with Gasteiger partial charge in [0.05, 0.1) is 12.7 Å².